The SMILES string of the molecule is C=C(C#N)C(=O)OCC.C=C(C#N)C(=O)OCC. The fraction of sp³-hybridized carbons (Fsp3) is 0.333. The summed E-state index contributed by atoms with van der Waals surface area (Å²) in [7, 11) is 0. The number of hydrogen-bond donors (Lipinski definition) is 0. The summed E-state index contributed by atoms with van der Waals surface area (Å²) in [5.41, 5.74) is -0.311. The summed E-state index contributed by atoms with van der Waals surface area (Å²) in [6.07, 6.45) is 0. The quantitative estimate of drug-likeness (QED) is 0.423. The Morgan fingerprint density at radius 2 is 1.22 bits per heavy atom. The smallest absolute Gasteiger partial charge is 0.348 e. The molecule has 0 aromatic carbocycles. The minimum absolute atomic E-state index is 0.156. The van der Waals surface area contributed by atoms with Crippen molar-refractivity contribution in [3.63, 3.8) is 0 Å². The first-order chi connectivity index (χ1) is 8.44. The molecule has 6 heteroatoms. The number of rotatable bonds is 4. The fourth-order valence-electron chi connectivity index (χ4n) is 0.528. The summed E-state index contributed by atoms with van der Waals surface area (Å²) in [6.45, 7) is 10.2. The highest BCUT2D eigenvalue weighted by molar-refractivity contribution is 5.92. The number of ether oxygens (including phenoxy) is 2. The molecule has 0 rings (SSSR count). The van der Waals surface area contributed by atoms with Crippen LogP contribution in [0.3, 0.4) is 0 Å². The molecule has 0 saturated heterocycles. The van der Waals surface area contributed by atoms with Gasteiger partial charge in [0.2, 0.25) is 0 Å². The van der Waals surface area contributed by atoms with Crippen LogP contribution in [0.25, 0.3) is 0 Å². The average molecular weight is 250 g/mol. The van der Waals surface area contributed by atoms with Gasteiger partial charge < -0.3 is 9.47 Å². The van der Waals surface area contributed by atoms with Gasteiger partial charge in [-0.2, -0.15) is 10.5 Å². The Morgan fingerprint density at radius 1 is 0.944 bits per heavy atom. The second-order valence-corrected chi connectivity index (χ2v) is 2.62. The zero-order chi connectivity index (χ0) is 14.6. The molecule has 0 aliphatic rings. The number of carbonyl (C=O) groups excluding carboxylic acids is 2. The van der Waals surface area contributed by atoms with Crippen molar-refractivity contribution in [2.75, 3.05) is 13.2 Å². The van der Waals surface area contributed by atoms with Gasteiger partial charge in [-0.15, -0.1) is 0 Å². The monoisotopic (exact) mass is 250 g/mol. The van der Waals surface area contributed by atoms with E-state index in [0.29, 0.717) is 0 Å². The van der Waals surface area contributed by atoms with Gasteiger partial charge in [0.15, 0.2) is 0 Å². The lowest BCUT2D eigenvalue weighted by molar-refractivity contribution is -0.138. The van der Waals surface area contributed by atoms with Crippen molar-refractivity contribution in [2.45, 2.75) is 13.8 Å². The van der Waals surface area contributed by atoms with Crippen molar-refractivity contribution in [1.29, 1.82) is 10.5 Å². The Morgan fingerprint density at radius 3 is 1.39 bits per heavy atom. The molecular weight excluding hydrogens is 236 g/mol. The summed E-state index contributed by atoms with van der Waals surface area (Å²) in [5.74, 6) is -1.28. The lowest BCUT2D eigenvalue weighted by atomic mass is 10.3. The standard InChI is InChI=1S/2C6H7NO2/c2*1-3-9-6(8)5(2)4-7/h2*2-3H2,1H3. The van der Waals surface area contributed by atoms with E-state index in [1.807, 2.05) is 0 Å². The predicted molar refractivity (Wildman–Crippen MR) is 62.8 cm³/mol. The molecule has 6 nitrogen and oxygen atoms in total. The molecule has 0 aromatic heterocycles. The van der Waals surface area contributed by atoms with Crippen LogP contribution in [0.15, 0.2) is 24.3 Å². The van der Waals surface area contributed by atoms with Crippen molar-refractivity contribution >= 4 is 11.9 Å². The van der Waals surface area contributed by atoms with Gasteiger partial charge in [-0.05, 0) is 13.8 Å². The Balaban J connectivity index is 0. The number of esters is 2. The highest BCUT2D eigenvalue weighted by atomic mass is 16.5. The third-order valence-corrected chi connectivity index (χ3v) is 1.31. The van der Waals surface area contributed by atoms with Crippen LogP contribution in [0.5, 0.6) is 0 Å². The molecule has 96 valence electrons. The summed E-state index contributed by atoms with van der Waals surface area (Å²) >= 11 is 0. The molecule has 0 aliphatic carbocycles. The Bertz CT molecular complexity index is 373. The largest absolute Gasteiger partial charge is 0.462 e. The molecule has 0 bridgehead atoms. The van der Waals surface area contributed by atoms with Crippen molar-refractivity contribution in [3.05, 3.63) is 24.3 Å². The normalized spacial score (nSPS) is 7.56. The lowest BCUT2D eigenvalue weighted by Gasteiger charge is -1.95. The lowest BCUT2D eigenvalue weighted by Crippen LogP contribution is -2.04. The molecule has 0 amide bonds. The maximum atomic E-state index is 10.4. The molecular formula is C12H14N2O4. The van der Waals surface area contributed by atoms with Crippen LogP contribution in [-0.4, -0.2) is 25.2 Å². The molecule has 0 unspecified atom stereocenters. The van der Waals surface area contributed by atoms with E-state index in [2.05, 4.69) is 22.6 Å². The first-order valence-electron chi connectivity index (χ1n) is 4.96. The number of hydrogen-bond acceptors (Lipinski definition) is 6. The highest BCUT2D eigenvalue weighted by Gasteiger charge is 2.04. The maximum absolute atomic E-state index is 10.4. The van der Waals surface area contributed by atoms with Gasteiger partial charge in [0.05, 0.1) is 13.2 Å². The van der Waals surface area contributed by atoms with Gasteiger partial charge in [-0.1, -0.05) is 13.2 Å². The Labute approximate surface area is 106 Å². The zero-order valence-electron chi connectivity index (χ0n) is 10.4. The molecule has 0 radical (unpaired) electrons. The zero-order valence-corrected chi connectivity index (χ0v) is 10.4. The van der Waals surface area contributed by atoms with E-state index in [4.69, 9.17) is 10.5 Å². The van der Waals surface area contributed by atoms with Gasteiger partial charge in [0.25, 0.3) is 0 Å². The topological polar surface area (TPSA) is 100 Å². The van der Waals surface area contributed by atoms with E-state index in [-0.39, 0.29) is 24.4 Å². The number of nitriles is 2. The second kappa shape index (κ2) is 10.9. The second-order valence-electron chi connectivity index (χ2n) is 2.62. The third kappa shape index (κ3) is 8.69. The minimum atomic E-state index is -0.639. The summed E-state index contributed by atoms with van der Waals surface area (Å²) in [4.78, 5) is 20.9. The first kappa shape index (κ1) is 17.8. The van der Waals surface area contributed by atoms with Gasteiger partial charge >= 0.3 is 11.9 Å². The summed E-state index contributed by atoms with van der Waals surface area (Å²) in [6, 6.07) is 3.16. The Hall–Kier alpha value is -2.60. The van der Waals surface area contributed by atoms with E-state index in [9.17, 15) is 9.59 Å². The highest BCUT2D eigenvalue weighted by Crippen LogP contribution is 1.90. The van der Waals surface area contributed by atoms with Crippen molar-refractivity contribution < 1.29 is 19.1 Å². The van der Waals surface area contributed by atoms with Gasteiger partial charge in [0.1, 0.15) is 23.3 Å². The fourth-order valence-corrected chi connectivity index (χ4v) is 0.528. The van der Waals surface area contributed by atoms with Crippen LogP contribution in [0.4, 0.5) is 0 Å². The van der Waals surface area contributed by atoms with E-state index in [1.54, 1.807) is 26.0 Å². The van der Waals surface area contributed by atoms with Gasteiger partial charge in [-0.25, -0.2) is 9.59 Å². The molecule has 0 atom stereocenters. The minimum Gasteiger partial charge on any atom is -0.462 e. The van der Waals surface area contributed by atoms with Crippen molar-refractivity contribution in [3.8, 4) is 12.1 Å². The molecule has 0 saturated carbocycles. The van der Waals surface area contributed by atoms with Crippen LogP contribution >= 0.6 is 0 Å². The maximum Gasteiger partial charge on any atom is 0.348 e. The molecule has 0 heterocycles. The number of nitrogens with zero attached hydrogens (tertiary/aromatic N) is 2. The van der Waals surface area contributed by atoms with Crippen LogP contribution in [-0.2, 0) is 19.1 Å². The van der Waals surface area contributed by atoms with Crippen LogP contribution < -0.4 is 0 Å². The molecule has 0 fully saturated rings. The van der Waals surface area contributed by atoms with E-state index >= 15 is 0 Å². The van der Waals surface area contributed by atoms with E-state index in [0.717, 1.165) is 0 Å². The van der Waals surface area contributed by atoms with Crippen molar-refractivity contribution in [1.82, 2.24) is 0 Å². The van der Waals surface area contributed by atoms with E-state index < -0.39 is 11.9 Å². The first-order valence-corrected chi connectivity index (χ1v) is 4.96. The van der Waals surface area contributed by atoms with Crippen LogP contribution in [0.1, 0.15) is 13.8 Å². The van der Waals surface area contributed by atoms with E-state index in [1.165, 1.54) is 0 Å². The van der Waals surface area contributed by atoms with Crippen LogP contribution in [0, 0.1) is 22.7 Å². The van der Waals surface area contributed by atoms with Crippen LogP contribution in [0.2, 0.25) is 0 Å². The predicted octanol–water partition coefficient (Wildman–Crippen LogP) is 1.26. The molecule has 18 heavy (non-hydrogen) atoms. The third-order valence-electron chi connectivity index (χ3n) is 1.31. The van der Waals surface area contributed by atoms with Gasteiger partial charge in [0, 0.05) is 0 Å². The molecule has 0 N–H and O–H groups in total. The van der Waals surface area contributed by atoms with Gasteiger partial charge in [-0.3, -0.25) is 0 Å². The number of carbonyl (C=O) groups is 2. The average Bonchev–Trinajstić information content (AvgIpc) is 2.38. The molecule has 0 aromatic rings. The molecule has 0 aliphatic heterocycles. The molecule has 0 spiro atoms. The summed E-state index contributed by atoms with van der Waals surface area (Å²) < 4.78 is 8.87. The Kier molecular flexibility index (Phi) is 10.8. The summed E-state index contributed by atoms with van der Waals surface area (Å²) in [5, 5.41) is 16.2. The van der Waals surface area contributed by atoms with Crippen molar-refractivity contribution in [2.24, 2.45) is 0 Å².